The first kappa shape index (κ1) is 19.1. The summed E-state index contributed by atoms with van der Waals surface area (Å²) in [6.07, 6.45) is 3.06. The van der Waals surface area contributed by atoms with Gasteiger partial charge in [0.25, 0.3) is 15.9 Å². The van der Waals surface area contributed by atoms with E-state index in [9.17, 15) is 18.0 Å². The second kappa shape index (κ2) is 7.89. The molecule has 2 heterocycles. The Morgan fingerprint density at radius 3 is 2.52 bits per heavy atom. The number of imidazole rings is 1. The summed E-state index contributed by atoms with van der Waals surface area (Å²) < 4.78 is 31.3. The summed E-state index contributed by atoms with van der Waals surface area (Å²) >= 11 is 0. The Kier molecular flexibility index (Phi) is 5.57. The van der Waals surface area contributed by atoms with Gasteiger partial charge in [0.2, 0.25) is 0 Å². The van der Waals surface area contributed by atoms with E-state index in [1.54, 1.807) is 23.1 Å². The fourth-order valence-electron chi connectivity index (χ4n) is 2.99. The largest absolute Gasteiger partial charge is 0.465 e. The number of nitrogens with one attached hydrogen (secondary N) is 1. The van der Waals surface area contributed by atoms with Crippen molar-refractivity contribution in [2.45, 2.75) is 11.4 Å². The molecule has 0 spiro atoms. The molecule has 0 unspecified atom stereocenters. The second-order valence-corrected chi connectivity index (χ2v) is 7.91. The summed E-state index contributed by atoms with van der Waals surface area (Å²) in [5.74, 6) is -0.908. The van der Waals surface area contributed by atoms with Crippen molar-refractivity contribution in [2.24, 2.45) is 0 Å². The normalized spacial score (nSPS) is 16.0. The van der Waals surface area contributed by atoms with E-state index >= 15 is 0 Å². The number of methoxy groups -OCH3 is 1. The van der Waals surface area contributed by atoms with Crippen molar-refractivity contribution in [3.63, 3.8) is 0 Å². The lowest BCUT2D eigenvalue weighted by Crippen LogP contribution is -2.38. The highest BCUT2D eigenvalue weighted by Crippen LogP contribution is 2.18. The minimum Gasteiger partial charge on any atom is -0.465 e. The summed E-state index contributed by atoms with van der Waals surface area (Å²) in [6.45, 7) is 1.07. The highest BCUT2D eigenvalue weighted by molar-refractivity contribution is 7.89. The van der Waals surface area contributed by atoms with Crippen molar-refractivity contribution in [3.8, 4) is 0 Å². The zero-order valence-electron chi connectivity index (χ0n) is 14.8. The van der Waals surface area contributed by atoms with Crippen molar-refractivity contribution in [1.82, 2.24) is 19.2 Å². The maximum Gasteiger partial charge on any atom is 0.338 e. The van der Waals surface area contributed by atoms with Crippen LogP contribution in [-0.2, 0) is 14.8 Å². The third kappa shape index (κ3) is 3.86. The van der Waals surface area contributed by atoms with E-state index in [2.05, 4.69) is 9.97 Å². The van der Waals surface area contributed by atoms with E-state index < -0.39 is 16.0 Å². The van der Waals surface area contributed by atoms with E-state index in [-0.39, 0.29) is 35.1 Å². The zero-order valence-corrected chi connectivity index (χ0v) is 15.6. The first-order valence-corrected chi connectivity index (χ1v) is 9.84. The average molecular weight is 392 g/mol. The lowest BCUT2D eigenvalue weighted by molar-refractivity contribution is 0.0590. The van der Waals surface area contributed by atoms with Crippen LogP contribution in [-0.4, -0.2) is 72.8 Å². The van der Waals surface area contributed by atoms with Crippen LogP contribution in [0.4, 0.5) is 0 Å². The molecule has 1 fully saturated rings. The molecule has 0 radical (unpaired) electrons. The van der Waals surface area contributed by atoms with E-state index in [0.29, 0.717) is 19.5 Å². The molecule has 1 aliphatic rings. The minimum absolute atomic E-state index is 0.0262. The van der Waals surface area contributed by atoms with Gasteiger partial charge in [-0.1, -0.05) is 12.1 Å². The van der Waals surface area contributed by atoms with Gasteiger partial charge in [-0.15, -0.1) is 0 Å². The molecule has 1 N–H and O–H groups in total. The third-order valence-corrected chi connectivity index (χ3v) is 6.22. The van der Waals surface area contributed by atoms with Crippen LogP contribution in [0.1, 0.15) is 27.1 Å². The van der Waals surface area contributed by atoms with Crippen molar-refractivity contribution < 1.29 is 22.7 Å². The number of hydrogen-bond acceptors (Lipinski definition) is 6. The number of carbonyl (C=O) groups is 2. The molecule has 0 saturated carbocycles. The number of H-pyrrole nitrogens is 1. The topological polar surface area (TPSA) is 113 Å². The SMILES string of the molecule is COC(=O)c1ccccc1C(=O)N1CCCN(S(=O)(=O)c2cnc[nH]2)CC1. The zero-order chi connectivity index (χ0) is 19.4. The van der Waals surface area contributed by atoms with Crippen LogP contribution in [0, 0.1) is 0 Å². The Morgan fingerprint density at radius 1 is 1.11 bits per heavy atom. The number of esters is 1. The molecule has 9 nitrogen and oxygen atoms in total. The first-order valence-electron chi connectivity index (χ1n) is 8.40. The Hall–Kier alpha value is -2.72. The number of aromatic nitrogens is 2. The Bertz CT molecular complexity index is 927. The molecule has 1 amide bonds. The lowest BCUT2D eigenvalue weighted by Gasteiger charge is -2.22. The van der Waals surface area contributed by atoms with Crippen LogP contribution >= 0.6 is 0 Å². The van der Waals surface area contributed by atoms with E-state index in [1.165, 1.54) is 30.0 Å². The van der Waals surface area contributed by atoms with E-state index in [0.717, 1.165) is 0 Å². The summed E-state index contributed by atoms with van der Waals surface area (Å²) in [5.41, 5.74) is 0.436. The predicted octanol–water partition coefficient (Wildman–Crippen LogP) is 0.733. The van der Waals surface area contributed by atoms with Gasteiger partial charge in [0, 0.05) is 26.2 Å². The molecule has 0 aliphatic carbocycles. The van der Waals surface area contributed by atoms with E-state index in [1.807, 2.05) is 0 Å². The summed E-state index contributed by atoms with van der Waals surface area (Å²) in [6, 6.07) is 6.43. The molecule has 144 valence electrons. The van der Waals surface area contributed by atoms with Gasteiger partial charge in [-0.25, -0.2) is 18.2 Å². The van der Waals surface area contributed by atoms with Gasteiger partial charge >= 0.3 is 5.97 Å². The average Bonchev–Trinajstić information content (AvgIpc) is 3.12. The Balaban J connectivity index is 1.77. The van der Waals surface area contributed by atoms with Crippen LogP contribution in [0.15, 0.2) is 41.8 Å². The summed E-state index contributed by atoms with van der Waals surface area (Å²) in [4.78, 5) is 32.7. The summed E-state index contributed by atoms with van der Waals surface area (Å²) in [7, 11) is -2.42. The molecule has 1 aliphatic heterocycles. The first-order chi connectivity index (χ1) is 12.9. The number of carbonyl (C=O) groups excluding carboxylic acids is 2. The molecule has 1 aromatic carbocycles. The van der Waals surface area contributed by atoms with Gasteiger partial charge in [-0.05, 0) is 18.6 Å². The monoisotopic (exact) mass is 392 g/mol. The number of sulfonamides is 1. The molecule has 10 heteroatoms. The van der Waals surface area contributed by atoms with Crippen molar-refractivity contribution in [2.75, 3.05) is 33.3 Å². The smallest absolute Gasteiger partial charge is 0.338 e. The fraction of sp³-hybridized carbons (Fsp3) is 0.353. The van der Waals surface area contributed by atoms with Gasteiger partial charge in [-0.3, -0.25) is 4.79 Å². The molecular weight excluding hydrogens is 372 g/mol. The minimum atomic E-state index is -3.68. The number of ether oxygens (including phenoxy) is 1. The number of aromatic amines is 1. The number of hydrogen-bond donors (Lipinski definition) is 1. The van der Waals surface area contributed by atoms with Gasteiger partial charge in [0.1, 0.15) is 0 Å². The van der Waals surface area contributed by atoms with Crippen LogP contribution in [0.5, 0.6) is 0 Å². The number of benzene rings is 1. The molecule has 1 saturated heterocycles. The van der Waals surface area contributed by atoms with Gasteiger partial charge in [0.15, 0.2) is 5.03 Å². The third-order valence-electron chi connectivity index (χ3n) is 4.40. The summed E-state index contributed by atoms with van der Waals surface area (Å²) in [5, 5.41) is 0.0262. The highest BCUT2D eigenvalue weighted by Gasteiger charge is 2.30. The van der Waals surface area contributed by atoms with E-state index in [4.69, 9.17) is 4.74 Å². The van der Waals surface area contributed by atoms with Crippen molar-refractivity contribution in [3.05, 3.63) is 47.9 Å². The van der Waals surface area contributed by atoms with Crippen molar-refractivity contribution >= 4 is 21.9 Å². The van der Waals surface area contributed by atoms with Gasteiger partial charge in [-0.2, -0.15) is 4.31 Å². The predicted molar refractivity (Wildman–Crippen MR) is 95.6 cm³/mol. The van der Waals surface area contributed by atoms with Crippen molar-refractivity contribution in [1.29, 1.82) is 0 Å². The van der Waals surface area contributed by atoms with Crippen LogP contribution in [0.3, 0.4) is 0 Å². The van der Waals surface area contributed by atoms with Crippen LogP contribution in [0.25, 0.3) is 0 Å². The van der Waals surface area contributed by atoms with Gasteiger partial charge < -0.3 is 14.6 Å². The highest BCUT2D eigenvalue weighted by atomic mass is 32.2. The maximum absolute atomic E-state index is 12.9. The second-order valence-electron chi connectivity index (χ2n) is 6.00. The molecule has 1 aromatic heterocycles. The maximum atomic E-state index is 12.9. The fourth-order valence-corrected chi connectivity index (χ4v) is 4.35. The molecule has 0 bridgehead atoms. The molecule has 0 atom stereocenters. The molecule has 2 aromatic rings. The Morgan fingerprint density at radius 2 is 1.85 bits per heavy atom. The quantitative estimate of drug-likeness (QED) is 0.768. The molecular formula is C17H20N4O5S. The number of amides is 1. The lowest BCUT2D eigenvalue weighted by atomic mass is 10.1. The van der Waals surface area contributed by atoms with Crippen LogP contribution < -0.4 is 0 Å². The van der Waals surface area contributed by atoms with Gasteiger partial charge in [0.05, 0.1) is 30.8 Å². The molecule has 3 rings (SSSR count). The molecule has 27 heavy (non-hydrogen) atoms. The standard InChI is InChI=1S/C17H20N4O5S/c1-26-17(23)14-6-3-2-5-13(14)16(22)20-7-4-8-21(10-9-20)27(24,25)15-11-18-12-19-15/h2-3,5-6,11-12H,4,7-10H2,1H3,(H,18,19). The Labute approximate surface area is 157 Å². The number of rotatable bonds is 4. The number of nitrogens with zero attached hydrogens (tertiary/aromatic N) is 3. The van der Waals surface area contributed by atoms with Crippen LogP contribution in [0.2, 0.25) is 0 Å².